The van der Waals surface area contributed by atoms with E-state index in [4.69, 9.17) is 0 Å². The van der Waals surface area contributed by atoms with Crippen molar-refractivity contribution in [2.45, 2.75) is 51.7 Å². The number of nitrogens with one attached hydrogen (secondary N) is 1. The summed E-state index contributed by atoms with van der Waals surface area (Å²) in [4.78, 5) is 14.4. The Hall–Kier alpha value is -2.31. The summed E-state index contributed by atoms with van der Waals surface area (Å²) in [5, 5.41) is 28.7. The first-order chi connectivity index (χ1) is 12.7. The van der Waals surface area contributed by atoms with E-state index in [1.807, 2.05) is 25.3 Å². The van der Waals surface area contributed by atoms with Gasteiger partial charge in [0.1, 0.15) is 0 Å². The molecule has 0 spiro atoms. The predicted molar refractivity (Wildman–Crippen MR) is 107 cm³/mol. The zero-order chi connectivity index (χ0) is 19.7. The minimum absolute atomic E-state index is 0. The second kappa shape index (κ2) is 6.64. The summed E-state index contributed by atoms with van der Waals surface area (Å²) >= 11 is 0. The molecule has 2 atom stereocenters. The van der Waals surface area contributed by atoms with Crippen molar-refractivity contribution >= 4 is 5.69 Å². The number of aromatic amines is 1. The van der Waals surface area contributed by atoms with Crippen molar-refractivity contribution in [2.24, 2.45) is 13.0 Å². The molecule has 0 bridgehead atoms. The van der Waals surface area contributed by atoms with Gasteiger partial charge in [-0.05, 0) is 30.4 Å². The van der Waals surface area contributed by atoms with Crippen LogP contribution in [0.1, 0.15) is 44.0 Å². The van der Waals surface area contributed by atoms with E-state index in [0.717, 1.165) is 11.4 Å². The number of allylic oxidation sites excluding steroid dienone is 1. The van der Waals surface area contributed by atoms with Crippen molar-refractivity contribution in [2.75, 3.05) is 11.9 Å². The van der Waals surface area contributed by atoms with Crippen molar-refractivity contribution < 1.29 is 10.2 Å². The summed E-state index contributed by atoms with van der Waals surface area (Å²) in [5.41, 5.74) is 3.71. The van der Waals surface area contributed by atoms with Crippen molar-refractivity contribution in [3.8, 4) is 0 Å². The Kier molecular flexibility index (Phi) is 4.84. The highest BCUT2D eigenvalue weighted by atomic mass is 16.3. The summed E-state index contributed by atoms with van der Waals surface area (Å²) in [6.07, 6.45) is -0.344. The van der Waals surface area contributed by atoms with Gasteiger partial charge in [0.05, 0.1) is 0 Å². The lowest BCUT2D eigenvalue weighted by Gasteiger charge is -2.60. The topological polar surface area (TPSA) is 87.1 Å². The van der Waals surface area contributed by atoms with Crippen LogP contribution in [0.15, 0.2) is 40.8 Å². The fourth-order valence-corrected chi connectivity index (χ4v) is 4.81. The van der Waals surface area contributed by atoms with Gasteiger partial charge in [-0.25, -0.2) is 0 Å². The van der Waals surface area contributed by atoms with Crippen LogP contribution < -0.4 is 20.7 Å². The van der Waals surface area contributed by atoms with Crippen molar-refractivity contribution in [1.29, 1.82) is 0 Å². The molecule has 28 heavy (non-hydrogen) atoms. The Morgan fingerprint density at radius 1 is 1.14 bits per heavy atom. The molecule has 152 valence electrons. The molecule has 1 aliphatic heterocycles. The maximum atomic E-state index is 12.9. The molecule has 1 aliphatic carbocycles. The summed E-state index contributed by atoms with van der Waals surface area (Å²) < 4.78 is 1.33. The number of hydrogen-bond acceptors (Lipinski definition) is 4. The first-order valence-electron chi connectivity index (χ1n) is 9.29. The second-order valence-corrected chi connectivity index (χ2v) is 8.30. The molecule has 2 aromatic rings. The molecule has 2 heterocycles. The van der Waals surface area contributed by atoms with E-state index in [0.29, 0.717) is 11.3 Å². The van der Waals surface area contributed by atoms with E-state index in [2.05, 4.69) is 36.0 Å². The van der Waals surface area contributed by atoms with E-state index in [-0.39, 0.29) is 18.4 Å². The second-order valence-electron chi connectivity index (χ2n) is 8.30. The van der Waals surface area contributed by atoms with Crippen LogP contribution >= 0.6 is 0 Å². The molecule has 2 unspecified atom stereocenters. The minimum Gasteiger partial charge on any atom is -0.851 e. The van der Waals surface area contributed by atoms with E-state index in [1.165, 1.54) is 10.2 Å². The van der Waals surface area contributed by atoms with Crippen molar-refractivity contribution in [3.63, 3.8) is 0 Å². The molecule has 0 amide bonds. The maximum absolute atomic E-state index is 12.9. The monoisotopic (exact) mass is 383 g/mol. The number of fused-ring (bicyclic) bond motifs is 1. The van der Waals surface area contributed by atoms with Gasteiger partial charge in [0.25, 0.3) is 5.56 Å². The molecule has 0 radical (unpaired) electrons. The van der Waals surface area contributed by atoms with Crippen LogP contribution in [0.3, 0.4) is 0 Å². The normalized spacial score (nSPS) is 29.4. The molecule has 4 rings (SSSR count). The van der Waals surface area contributed by atoms with Gasteiger partial charge < -0.3 is 15.1 Å². The smallest absolute Gasteiger partial charge is 0.269 e. The third kappa shape index (κ3) is 2.58. The van der Waals surface area contributed by atoms with Gasteiger partial charge in [-0.1, -0.05) is 45.5 Å². The molecule has 0 saturated heterocycles. The summed E-state index contributed by atoms with van der Waals surface area (Å²) in [5.74, 6) is -1.41. The third-order valence-electron chi connectivity index (χ3n) is 6.37. The SMILES string of the molecule is C.Cc1[nH]n(C)c(=O)c1C1C([O-])C(C=C2N(C)c3ccccc3C2(C)C)C1[O-]. The molecule has 2 aliphatic rings. The van der Waals surface area contributed by atoms with Gasteiger partial charge in [0.2, 0.25) is 0 Å². The molecule has 1 aromatic carbocycles. The largest absolute Gasteiger partial charge is 0.851 e. The van der Waals surface area contributed by atoms with Crippen molar-refractivity contribution in [1.82, 2.24) is 9.78 Å². The average Bonchev–Trinajstić information content (AvgIpc) is 2.98. The van der Waals surface area contributed by atoms with Crippen LogP contribution in [0.25, 0.3) is 0 Å². The predicted octanol–water partition coefficient (Wildman–Crippen LogP) is 1.14. The fourth-order valence-electron chi connectivity index (χ4n) is 4.81. The van der Waals surface area contributed by atoms with Crippen molar-refractivity contribution in [3.05, 3.63) is 63.2 Å². The van der Waals surface area contributed by atoms with Gasteiger partial charge in [0.15, 0.2) is 0 Å². The molecular weight excluding hydrogens is 354 g/mol. The molecule has 1 aromatic heterocycles. The Balaban J connectivity index is 0.00000225. The quantitative estimate of drug-likeness (QED) is 0.842. The van der Waals surface area contributed by atoms with Gasteiger partial charge in [0, 0.05) is 42.2 Å². The lowest BCUT2D eigenvalue weighted by Crippen LogP contribution is -2.65. The van der Waals surface area contributed by atoms with Gasteiger partial charge in [-0.15, -0.1) is 12.2 Å². The molecular formula is C22H29N3O3-2. The summed E-state index contributed by atoms with van der Waals surface area (Å²) in [6, 6.07) is 8.14. The number of H-pyrrole nitrogens is 1. The van der Waals surface area contributed by atoms with E-state index < -0.39 is 24.0 Å². The van der Waals surface area contributed by atoms with Gasteiger partial charge in [-0.2, -0.15) is 0 Å². The number of anilines is 1. The van der Waals surface area contributed by atoms with Crippen LogP contribution in [-0.4, -0.2) is 29.0 Å². The Bertz CT molecular complexity index is 975. The third-order valence-corrected chi connectivity index (χ3v) is 6.37. The maximum Gasteiger partial charge on any atom is 0.269 e. The number of aryl methyl sites for hydroxylation is 2. The summed E-state index contributed by atoms with van der Waals surface area (Å²) in [7, 11) is 3.57. The molecule has 6 heteroatoms. The van der Waals surface area contributed by atoms with Crippen LogP contribution in [-0.2, 0) is 12.5 Å². The molecule has 6 nitrogen and oxygen atoms in total. The van der Waals surface area contributed by atoms with Crippen LogP contribution in [0, 0.1) is 12.8 Å². The number of nitrogens with zero attached hydrogens (tertiary/aromatic N) is 2. The van der Waals surface area contributed by atoms with E-state index in [1.54, 1.807) is 14.0 Å². The molecule has 1 saturated carbocycles. The Labute approximate surface area is 166 Å². The number of para-hydroxylation sites is 1. The average molecular weight is 383 g/mol. The molecule has 1 fully saturated rings. The first-order valence-corrected chi connectivity index (χ1v) is 9.29. The van der Waals surface area contributed by atoms with Crippen LogP contribution in [0.2, 0.25) is 0 Å². The minimum atomic E-state index is -1.10. The highest BCUT2D eigenvalue weighted by Gasteiger charge is 2.43. The number of rotatable bonds is 2. The number of likely N-dealkylation sites (N-methyl/N-ethyl adjacent to an activating group) is 1. The Morgan fingerprint density at radius 2 is 1.75 bits per heavy atom. The lowest BCUT2D eigenvalue weighted by atomic mass is 9.65. The van der Waals surface area contributed by atoms with Crippen LogP contribution in [0.4, 0.5) is 5.69 Å². The number of aromatic nitrogens is 2. The number of hydrogen-bond donors (Lipinski definition) is 1. The zero-order valence-electron chi connectivity index (χ0n) is 16.3. The van der Waals surface area contributed by atoms with E-state index in [9.17, 15) is 15.0 Å². The highest BCUT2D eigenvalue weighted by molar-refractivity contribution is 5.69. The van der Waals surface area contributed by atoms with E-state index >= 15 is 0 Å². The molecule has 1 N–H and O–H groups in total. The lowest BCUT2D eigenvalue weighted by molar-refractivity contribution is -0.543. The number of benzene rings is 1. The summed E-state index contributed by atoms with van der Waals surface area (Å²) in [6.45, 7) is 5.97. The first kappa shape index (κ1) is 20.4. The highest BCUT2D eigenvalue weighted by Crippen LogP contribution is 2.49. The standard InChI is InChI=1S/C21H25N3O3.CH4/c1-11-16(20(27)24(5)22-11)17-18(25)12(19(17)26)10-15-21(2,3)13-8-6-7-9-14(13)23(15)4;/h6-10,12,17-19,22H,1-5H3;1H4/q-2;. The van der Waals surface area contributed by atoms with Crippen LogP contribution in [0.5, 0.6) is 0 Å². The van der Waals surface area contributed by atoms with Gasteiger partial charge in [-0.3, -0.25) is 14.6 Å². The zero-order valence-corrected chi connectivity index (χ0v) is 16.3. The van der Waals surface area contributed by atoms with Gasteiger partial charge >= 0.3 is 0 Å². The Morgan fingerprint density at radius 3 is 2.29 bits per heavy atom. The fraction of sp³-hybridized carbons (Fsp3) is 0.500.